The first-order chi connectivity index (χ1) is 9.29. The Bertz CT molecular complexity index is 760. The highest BCUT2D eigenvalue weighted by molar-refractivity contribution is 7.92. The van der Waals surface area contributed by atoms with Gasteiger partial charge in [0.25, 0.3) is 10.0 Å². The van der Waals surface area contributed by atoms with Crippen molar-refractivity contribution in [2.75, 3.05) is 10.5 Å². The maximum atomic E-state index is 12.4. The summed E-state index contributed by atoms with van der Waals surface area (Å²) < 4.78 is 27.2. The van der Waals surface area contributed by atoms with Gasteiger partial charge >= 0.3 is 0 Å². The van der Waals surface area contributed by atoms with Gasteiger partial charge in [-0.05, 0) is 43.2 Å². The number of nitrogens with one attached hydrogen (secondary N) is 1. The van der Waals surface area contributed by atoms with Gasteiger partial charge < -0.3 is 5.73 Å². The van der Waals surface area contributed by atoms with Crippen molar-refractivity contribution < 1.29 is 8.42 Å². The Morgan fingerprint density at radius 2 is 1.95 bits per heavy atom. The average Bonchev–Trinajstić information content (AvgIpc) is 2.36. The van der Waals surface area contributed by atoms with Crippen molar-refractivity contribution in [3.05, 3.63) is 46.7 Å². The number of hydrogen-bond donors (Lipinski definition) is 2. The van der Waals surface area contributed by atoms with E-state index in [9.17, 15) is 8.42 Å². The summed E-state index contributed by atoms with van der Waals surface area (Å²) in [6.45, 7) is 3.50. The van der Waals surface area contributed by atoms with Crippen LogP contribution in [0.2, 0.25) is 5.15 Å². The minimum Gasteiger partial charge on any atom is -0.399 e. The van der Waals surface area contributed by atoms with Crippen LogP contribution in [0.25, 0.3) is 0 Å². The molecule has 1 aromatic heterocycles. The lowest BCUT2D eigenvalue weighted by atomic mass is 10.2. The number of nitrogen functional groups attached to an aromatic ring is 1. The van der Waals surface area contributed by atoms with Crippen LogP contribution in [0, 0.1) is 13.8 Å². The zero-order chi connectivity index (χ0) is 14.9. The van der Waals surface area contributed by atoms with E-state index in [1.54, 1.807) is 38.2 Å². The molecule has 20 heavy (non-hydrogen) atoms. The van der Waals surface area contributed by atoms with Gasteiger partial charge in [0.05, 0.1) is 10.6 Å². The fourth-order valence-corrected chi connectivity index (χ4v) is 3.27. The molecule has 0 bridgehead atoms. The number of sulfonamides is 1. The van der Waals surface area contributed by atoms with Gasteiger partial charge in [0, 0.05) is 11.9 Å². The van der Waals surface area contributed by atoms with Crippen molar-refractivity contribution in [1.29, 1.82) is 0 Å². The van der Waals surface area contributed by atoms with Crippen LogP contribution in [-0.2, 0) is 10.0 Å². The second kappa shape index (κ2) is 5.30. The highest BCUT2D eigenvalue weighted by Gasteiger charge is 2.19. The Labute approximate surface area is 122 Å². The molecule has 106 valence electrons. The molecule has 7 heteroatoms. The predicted octanol–water partition coefficient (Wildman–Crippen LogP) is 2.73. The van der Waals surface area contributed by atoms with Crippen LogP contribution in [-0.4, -0.2) is 13.4 Å². The molecule has 0 saturated carbocycles. The highest BCUT2D eigenvalue weighted by atomic mass is 35.5. The first-order valence-electron chi connectivity index (χ1n) is 5.81. The second-order valence-corrected chi connectivity index (χ2v) is 6.49. The van der Waals surface area contributed by atoms with E-state index in [-0.39, 0.29) is 15.7 Å². The lowest BCUT2D eigenvalue weighted by Crippen LogP contribution is -2.15. The SMILES string of the molecule is Cc1cnc(Cl)c(NS(=O)(=O)c2cc(N)ccc2C)c1. The van der Waals surface area contributed by atoms with E-state index in [4.69, 9.17) is 17.3 Å². The fourth-order valence-electron chi connectivity index (χ4n) is 1.73. The van der Waals surface area contributed by atoms with Crippen LogP contribution < -0.4 is 10.5 Å². The van der Waals surface area contributed by atoms with Gasteiger partial charge in [0.2, 0.25) is 0 Å². The van der Waals surface area contributed by atoms with Crippen molar-refractivity contribution in [3.63, 3.8) is 0 Å². The van der Waals surface area contributed by atoms with Crippen molar-refractivity contribution in [1.82, 2.24) is 4.98 Å². The van der Waals surface area contributed by atoms with E-state index in [1.165, 1.54) is 6.07 Å². The van der Waals surface area contributed by atoms with Crippen LogP contribution in [0.4, 0.5) is 11.4 Å². The molecule has 2 rings (SSSR count). The Kier molecular flexibility index (Phi) is 3.87. The van der Waals surface area contributed by atoms with E-state index >= 15 is 0 Å². The molecule has 1 heterocycles. The number of hydrogen-bond acceptors (Lipinski definition) is 4. The Hall–Kier alpha value is -1.79. The number of aromatic nitrogens is 1. The Morgan fingerprint density at radius 1 is 1.25 bits per heavy atom. The summed E-state index contributed by atoms with van der Waals surface area (Å²) in [5.41, 5.74) is 7.67. The third-order valence-electron chi connectivity index (χ3n) is 2.72. The molecule has 1 aromatic carbocycles. The number of benzene rings is 1. The molecule has 0 aliphatic carbocycles. The summed E-state index contributed by atoms with van der Waals surface area (Å²) in [7, 11) is -3.76. The lowest BCUT2D eigenvalue weighted by Gasteiger charge is -2.12. The van der Waals surface area contributed by atoms with Crippen LogP contribution in [0.1, 0.15) is 11.1 Å². The number of halogens is 1. The van der Waals surface area contributed by atoms with Gasteiger partial charge in [-0.2, -0.15) is 0 Å². The van der Waals surface area contributed by atoms with E-state index in [0.717, 1.165) is 5.56 Å². The molecule has 0 atom stereocenters. The molecular weight excluding hydrogens is 298 g/mol. The zero-order valence-electron chi connectivity index (χ0n) is 11.0. The molecule has 0 saturated heterocycles. The first-order valence-corrected chi connectivity index (χ1v) is 7.67. The molecule has 0 aliphatic rings. The summed E-state index contributed by atoms with van der Waals surface area (Å²) >= 11 is 5.90. The molecule has 0 fully saturated rings. The lowest BCUT2D eigenvalue weighted by molar-refractivity contribution is 0.600. The fraction of sp³-hybridized carbons (Fsp3) is 0.154. The van der Waals surface area contributed by atoms with Crippen LogP contribution >= 0.6 is 11.6 Å². The average molecular weight is 312 g/mol. The highest BCUT2D eigenvalue weighted by Crippen LogP contribution is 2.25. The molecule has 0 unspecified atom stereocenters. The van der Waals surface area contributed by atoms with Gasteiger partial charge in [-0.3, -0.25) is 4.72 Å². The smallest absolute Gasteiger partial charge is 0.262 e. The maximum Gasteiger partial charge on any atom is 0.262 e. The number of nitrogens with two attached hydrogens (primary N) is 1. The standard InChI is InChI=1S/C13H14ClN3O2S/c1-8-5-11(13(14)16-7-8)17-20(18,19)12-6-10(15)4-3-9(12)2/h3-7,17H,15H2,1-2H3. The second-order valence-electron chi connectivity index (χ2n) is 4.48. The number of aryl methyl sites for hydroxylation is 2. The molecule has 0 spiro atoms. The normalized spacial score (nSPS) is 11.3. The van der Waals surface area contributed by atoms with Gasteiger partial charge in [0.15, 0.2) is 5.15 Å². The van der Waals surface area contributed by atoms with E-state index in [2.05, 4.69) is 9.71 Å². The summed E-state index contributed by atoms with van der Waals surface area (Å²) in [5, 5.41) is 0.0979. The number of pyridine rings is 1. The maximum absolute atomic E-state index is 12.4. The van der Waals surface area contributed by atoms with Gasteiger partial charge in [-0.1, -0.05) is 17.7 Å². The minimum atomic E-state index is -3.76. The predicted molar refractivity (Wildman–Crippen MR) is 80.4 cm³/mol. The summed E-state index contributed by atoms with van der Waals surface area (Å²) in [6, 6.07) is 6.33. The van der Waals surface area contributed by atoms with Gasteiger partial charge in [-0.25, -0.2) is 13.4 Å². The van der Waals surface area contributed by atoms with E-state index in [1.807, 2.05) is 0 Å². The molecule has 3 N–H and O–H groups in total. The van der Waals surface area contributed by atoms with Crippen LogP contribution in [0.3, 0.4) is 0 Å². The van der Waals surface area contributed by atoms with Crippen LogP contribution in [0.5, 0.6) is 0 Å². The third-order valence-corrected chi connectivity index (χ3v) is 4.53. The molecule has 2 aromatic rings. The van der Waals surface area contributed by atoms with Crippen LogP contribution in [0.15, 0.2) is 35.4 Å². The van der Waals surface area contributed by atoms with Crippen molar-refractivity contribution in [2.45, 2.75) is 18.7 Å². The summed E-state index contributed by atoms with van der Waals surface area (Å²) in [4.78, 5) is 4.03. The number of anilines is 2. The first kappa shape index (κ1) is 14.6. The van der Waals surface area contributed by atoms with Gasteiger partial charge in [0.1, 0.15) is 0 Å². The van der Waals surface area contributed by atoms with Gasteiger partial charge in [-0.15, -0.1) is 0 Å². The monoisotopic (exact) mass is 311 g/mol. The molecule has 0 aliphatic heterocycles. The molecule has 0 radical (unpaired) electrons. The zero-order valence-corrected chi connectivity index (χ0v) is 12.6. The molecule has 0 amide bonds. The minimum absolute atomic E-state index is 0.0979. The number of rotatable bonds is 3. The van der Waals surface area contributed by atoms with Crippen molar-refractivity contribution >= 4 is 33.0 Å². The molecule has 5 nitrogen and oxygen atoms in total. The van der Waals surface area contributed by atoms with E-state index in [0.29, 0.717) is 11.3 Å². The van der Waals surface area contributed by atoms with Crippen molar-refractivity contribution in [2.24, 2.45) is 0 Å². The van der Waals surface area contributed by atoms with E-state index < -0.39 is 10.0 Å². The quantitative estimate of drug-likeness (QED) is 0.674. The summed E-state index contributed by atoms with van der Waals surface area (Å²) in [5.74, 6) is 0. The largest absolute Gasteiger partial charge is 0.399 e. The Balaban J connectivity index is 2.46. The Morgan fingerprint density at radius 3 is 2.65 bits per heavy atom. The third kappa shape index (κ3) is 3.02. The number of nitrogens with zero attached hydrogens (tertiary/aromatic N) is 1. The topological polar surface area (TPSA) is 85.1 Å². The molecular formula is C13H14ClN3O2S. The summed E-state index contributed by atoms with van der Waals surface area (Å²) in [6.07, 6.45) is 1.56. The van der Waals surface area contributed by atoms with Crippen molar-refractivity contribution in [3.8, 4) is 0 Å².